The molecule has 0 atom stereocenters. The van der Waals surface area contributed by atoms with Crippen LogP contribution < -0.4 is 11.1 Å². The Bertz CT molecular complexity index is 1560. The largest absolute Gasteiger partial charge is 0.365 e. The molecule has 4 rings (SSSR count). The Morgan fingerprint density at radius 3 is 2.50 bits per heavy atom. The minimum atomic E-state index is -2.91. The molecule has 4 aromatic rings. The number of amides is 2. The summed E-state index contributed by atoms with van der Waals surface area (Å²) in [7, 11) is 1.36. The number of aromatic nitrogens is 5. The molecule has 188 valence electrons. The van der Waals surface area contributed by atoms with Gasteiger partial charge in [0.15, 0.2) is 0 Å². The highest BCUT2D eigenvalue weighted by atomic mass is 32.1. The third-order valence-corrected chi connectivity index (χ3v) is 6.61. The maximum atomic E-state index is 13.7. The van der Waals surface area contributed by atoms with Crippen LogP contribution in [0, 0.1) is 24.0 Å². The summed E-state index contributed by atoms with van der Waals surface area (Å²) in [6.45, 7) is 5.44. The van der Waals surface area contributed by atoms with Gasteiger partial charge >= 0.3 is 5.69 Å². The molecule has 0 aliphatic carbocycles. The fourth-order valence-electron chi connectivity index (χ4n) is 3.97. The molecule has 0 saturated heterocycles. The number of fused-ring (bicyclic) bond motifs is 1. The first-order valence-electron chi connectivity index (χ1n) is 10.5. The van der Waals surface area contributed by atoms with Gasteiger partial charge in [-0.3, -0.25) is 29.1 Å². The predicted molar refractivity (Wildman–Crippen MR) is 127 cm³/mol. The van der Waals surface area contributed by atoms with Gasteiger partial charge in [-0.2, -0.15) is 10.2 Å². The highest BCUT2D eigenvalue weighted by Crippen LogP contribution is 2.43. The Hall–Kier alpha value is -4.27. The van der Waals surface area contributed by atoms with Gasteiger partial charge in [-0.25, -0.2) is 13.8 Å². The lowest BCUT2D eigenvalue weighted by Gasteiger charge is -2.10. The number of hydrogen-bond donors (Lipinski definition) is 2. The Morgan fingerprint density at radius 2 is 1.94 bits per heavy atom. The molecule has 0 radical (unpaired) electrons. The van der Waals surface area contributed by atoms with Crippen LogP contribution in [0.5, 0.6) is 0 Å². The van der Waals surface area contributed by atoms with E-state index >= 15 is 0 Å². The molecule has 0 fully saturated rings. The fraction of sp³-hybridized carbons (Fsp3) is 0.286. The van der Waals surface area contributed by atoms with Crippen molar-refractivity contribution in [1.82, 2.24) is 24.5 Å². The highest BCUT2D eigenvalue weighted by molar-refractivity contribution is 7.21. The van der Waals surface area contributed by atoms with E-state index in [0.29, 0.717) is 17.8 Å². The van der Waals surface area contributed by atoms with E-state index in [9.17, 15) is 28.5 Å². The smallest absolute Gasteiger partial charge is 0.322 e. The van der Waals surface area contributed by atoms with E-state index < -0.39 is 34.5 Å². The van der Waals surface area contributed by atoms with Gasteiger partial charge in [0.25, 0.3) is 18.2 Å². The first-order chi connectivity index (χ1) is 16.9. The summed E-state index contributed by atoms with van der Waals surface area (Å²) in [6, 6.07) is 1.17. The lowest BCUT2D eigenvalue weighted by Crippen LogP contribution is -2.20. The molecule has 0 aliphatic heterocycles. The van der Waals surface area contributed by atoms with Crippen molar-refractivity contribution in [3.63, 3.8) is 0 Å². The van der Waals surface area contributed by atoms with Gasteiger partial charge in [-0.15, -0.1) is 11.3 Å². The van der Waals surface area contributed by atoms with E-state index in [1.54, 1.807) is 17.8 Å². The summed E-state index contributed by atoms with van der Waals surface area (Å²) < 4.78 is 30.1. The predicted octanol–water partition coefficient (Wildman–Crippen LogP) is 3.73. The Balaban J connectivity index is 2.00. The molecule has 4 aromatic heterocycles. The first-order valence-corrected chi connectivity index (χ1v) is 11.3. The van der Waals surface area contributed by atoms with E-state index in [-0.39, 0.29) is 37.7 Å². The molecule has 0 spiro atoms. The Kier molecular flexibility index (Phi) is 6.26. The molecule has 0 bridgehead atoms. The van der Waals surface area contributed by atoms with Crippen LogP contribution in [-0.2, 0) is 13.6 Å². The standard InChI is InChI=1S/C21H20F2N8O4S/c1-5-30-7-11(8(2)28-30)10-6-12(18(22)23)25-21-13(10)14(17(36-21)19(24)32)26-20(33)16-15(31(34)35)9(3)27-29(16)4/h6-7,18H,5H2,1-4H3,(H2,24,32)(H,26,33). The zero-order chi connectivity index (χ0) is 26.5. The van der Waals surface area contributed by atoms with E-state index in [1.165, 1.54) is 20.0 Å². The average molecular weight is 519 g/mol. The van der Waals surface area contributed by atoms with Crippen LogP contribution in [0.15, 0.2) is 12.3 Å². The number of aryl methyl sites for hydroxylation is 4. The van der Waals surface area contributed by atoms with E-state index in [4.69, 9.17) is 5.73 Å². The number of pyridine rings is 1. The Morgan fingerprint density at radius 1 is 1.25 bits per heavy atom. The van der Waals surface area contributed by atoms with Crippen molar-refractivity contribution in [3.05, 3.63) is 50.0 Å². The van der Waals surface area contributed by atoms with Gasteiger partial charge in [0.1, 0.15) is 21.1 Å². The maximum Gasteiger partial charge on any atom is 0.322 e. The van der Waals surface area contributed by atoms with Crippen LogP contribution in [-0.4, -0.2) is 41.3 Å². The van der Waals surface area contributed by atoms with Gasteiger partial charge < -0.3 is 11.1 Å². The summed E-state index contributed by atoms with van der Waals surface area (Å²) in [5.74, 6) is -1.87. The summed E-state index contributed by atoms with van der Waals surface area (Å²) >= 11 is 0.731. The molecular formula is C21H20F2N8O4S. The Labute approximate surface area is 205 Å². The number of carbonyl (C=O) groups is 2. The molecular weight excluding hydrogens is 498 g/mol. The zero-order valence-electron chi connectivity index (χ0n) is 19.5. The number of rotatable bonds is 7. The molecule has 12 nitrogen and oxygen atoms in total. The summed E-state index contributed by atoms with van der Waals surface area (Å²) in [6.07, 6.45) is -1.26. The number of nitrogens with two attached hydrogens (primary N) is 1. The van der Waals surface area contributed by atoms with Crippen molar-refractivity contribution in [2.75, 3.05) is 5.32 Å². The number of thiophene rings is 1. The van der Waals surface area contributed by atoms with Crippen LogP contribution in [0.4, 0.5) is 20.2 Å². The normalized spacial score (nSPS) is 11.4. The van der Waals surface area contributed by atoms with Gasteiger partial charge in [-0.05, 0) is 32.4 Å². The number of halogens is 2. The first kappa shape index (κ1) is 24.8. The van der Waals surface area contributed by atoms with E-state index in [1.807, 2.05) is 6.92 Å². The lowest BCUT2D eigenvalue weighted by atomic mass is 10.0. The van der Waals surface area contributed by atoms with Crippen LogP contribution in [0.2, 0.25) is 0 Å². The highest BCUT2D eigenvalue weighted by Gasteiger charge is 2.32. The number of anilines is 1. The van der Waals surface area contributed by atoms with Crippen LogP contribution in [0.1, 0.15) is 50.6 Å². The molecule has 0 aliphatic rings. The number of hydrogen-bond acceptors (Lipinski definition) is 8. The van der Waals surface area contributed by atoms with Crippen molar-refractivity contribution in [2.24, 2.45) is 12.8 Å². The minimum Gasteiger partial charge on any atom is -0.365 e. The van der Waals surface area contributed by atoms with Crippen molar-refractivity contribution in [1.29, 1.82) is 0 Å². The summed E-state index contributed by atoms with van der Waals surface area (Å²) in [5.41, 5.74) is 5.33. The molecule has 0 unspecified atom stereocenters. The van der Waals surface area contributed by atoms with Crippen LogP contribution in [0.25, 0.3) is 21.3 Å². The molecule has 15 heteroatoms. The number of carbonyl (C=O) groups excluding carboxylic acids is 2. The molecule has 4 heterocycles. The molecule has 0 saturated carbocycles. The van der Waals surface area contributed by atoms with Gasteiger partial charge in [0, 0.05) is 30.7 Å². The number of nitrogens with one attached hydrogen (secondary N) is 1. The van der Waals surface area contributed by atoms with E-state index in [0.717, 1.165) is 16.0 Å². The topological polar surface area (TPSA) is 164 Å². The van der Waals surface area contributed by atoms with Crippen molar-refractivity contribution >= 4 is 44.7 Å². The van der Waals surface area contributed by atoms with Crippen LogP contribution in [0.3, 0.4) is 0 Å². The monoisotopic (exact) mass is 518 g/mol. The number of nitro groups is 1. The molecule has 36 heavy (non-hydrogen) atoms. The SMILES string of the molecule is CCn1cc(-c2cc(C(F)F)nc3sc(C(N)=O)c(NC(=O)c4c([N+](=O)[O-])c(C)nn4C)c23)c(C)n1. The summed E-state index contributed by atoms with van der Waals surface area (Å²) in [5, 5.41) is 22.6. The average Bonchev–Trinajstić information content (AvgIpc) is 3.45. The van der Waals surface area contributed by atoms with E-state index in [2.05, 4.69) is 20.5 Å². The van der Waals surface area contributed by atoms with Gasteiger partial charge in [0.2, 0.25) is 5.69 Å². The van der Waals surface area contributed by atoms with Gasteiger partial charge in [-0.1, -0.05) is 0 Å². The second-order valence-electron chi connectivity index (χ2n) is 7.85. The van der Waals surface area contributed by atoms with Crippen molar-refractivity contribution < 1.29 is 23.3 Å². The maximum absolute atomic E-state index is 13.7. The van der Waals surface area contributed by atoms with Crippen molar-refractivity contribution in [2.45, 2.75) is 33.7 Å². The number of nitrogens with zero attached hydrogens (tertiary/aromatic N) is 6. The second-order valence-corrected chi connectivity index (χ2v) is 8.85. The summed E-state index contributed by atoms with van der Waals surface area (Å²) in [4.78, 5) is 40.3. The molecule has 0 aromatic carbocycles. The number of primary amides is 1. The fourth-order valence-corrected chi connectivity index (χ4v) is 4.99. The number of alkyl halides is 2. The quantitative estimate of drug-likeness (QED) is 0.278. The van der Waals surface area contributed by atoms with Gasteiger partial charge in [0.05, 0.1) is 16.3 Å². The lowest BCUT2D eigenvalue weighted by molar-refractivity contribution is -0.385. The third kappa shape index (κ3) is 4.06. The molecule has 2 amide bonds. The second kappa shape index (κ2) is 9.07. The minimum absolute atomic E-state index is 0.0180. The molecule has 3 N–H and O–H groups in total. The zero-order valence-corrected chi connectivity index (χ0v) is 20.3. The van der Waals surface area contributed by atoms with Crippen LogP contribution >= 0.6 is 11.3 Å². The van der Waals surface area contributed by atoms with Crippen molar-refractivity contribution in [3.8, 4) is 11.1 Å². The third-order valence-electron chi connectivity index (χ3n) is 5.52.